The summed E-state index contributed by atoms with van der Waals surface area (Å²) in [6.45, 7) is 2.28. The molecule has 2 rings (SSSR count). The lowest BCUT2D eigenvalue weighted by atomic mass is 10.2. The third-order valence-corrected chi connectivity index (χ3v) is 3.94. The molecule has 0 saturated carbocycles. The summed E-state index contributed by atoms with van der Waals surface area (Å²) in [5, 5.41) is 0.972. The molecule has 5 nitrogen and oxygen atoms in total. The number of hydrogen-bond acceptors (Lipinski definition) is 3. The van der Waals surface area contributed by atoms with Crippen molar-refractivity contribution in [2.45, 2.75) is 19.8 Å². The lowest BCUT2D eigenvalue weighted by Crippen LogP contribution is -2.41. The molecule has 0 bridgehead atoms. The predicted molar refractivity (Wildman–Crippen MR) is 98.0 cm³/mol. The number of hydrazine groups is 1. The number of carbonyl (C=O) groups excluding carboxylic acids is 2. The van der Waals surface area contributed by atoms with E-state index in [1.54, 1.807) is 36.4 Å². The van der Waals surface area contributed by atoms with E-state index in [-0.39, 0.29) is 12.3 Å². The van der Waals surface area contributed by atoms with E-state index < -0.39 is 5.91 Å². The van der Waals surface area contributed by atoms with Gasteiger partial charge in [0, 0.05) is 11.4 Å². The number of nitrogens with one attached hydrogen (secondary N) is 2. The van der Waals surface area contributed by atoms with E-state index in [1.165, 1.54) is 0 Å². The van der Waals surface area contributed by atoms with Gasteiger partial charge in [-0.15, -0.1) is 0 Å². The molecule has 2 amide bonds. The molecule has 2 aromatic rings. The van der Waals surface area contributed by atoms with Crippen molar-refractivity contribution in [1.82, 2.24) is 10.9 Å². The van der Waals surface area contributed by atoms with Crippen molar-refractivity contribution in [3.8, 4) is 5.75 Å². The highest BCUT2D eigenvalue weighted by molar-refractivity contribution is 6.33. The van der Waals surface area contributed by atoms with E-state index in [1.807, 2.05) is 13.0 Å². The van der Waals surface area contributed by atoms with Gasteiger partial charge in [0.05, 0.1) is 17.2 Å². The van der Waals surface area contributed by atoms with E-state index in [4.69, 9.17) is 27.9 Å². The van der Waals surface area contributed by atoms with Gasteiger partial charge in [-0.3, -0.25) is 20.4 Å². The molecule has 0 aliphatic carbocycles. The molecule has 7 heteroatoms. The standard InChI is InChI=1S/C18H18Cl2N2O3/c1-12-11-13(19)8-9-16(12)25-10-4-7-17(23)21-22-18(24)14-5-2-3-6-15(14)20/h2-3,5-6,8-9,11H,4,7,10H2,1H3,(H,21,23)(H,22,24). The maximum absolute atomic E-state index is 11.9. The third kappa shape index (κ3) is 5.96. The molecule has 0 saturated heterocycles. The lowest BCUT2D eigenvalue weighted by molar-refractivity contribution is -0.122. The second kappa shape index (κ2) is 9.30. The number of halogens is 2. The maximum atomic E-state index is 11.9. The summed E-state index contributed by atoms with van der Waals surface area (Å²) in [5.74, 6) is -0.0411. The average molecular weight is 381 g/mol. The largest absolute Gasteiger partial charge is 0.493 e. The number of rotatable bonds is 6. The SMILES string of the molecule is Cc1cc(Cl)ccc1OCCCC(=O)NNC(=O)c1ccccc1Cl. The molecular weight excluding hydrogens is 363 g/mol. The van der Waals surface area contributed by atoms with Gasteiger partial charge in [0.2, 0.25) is 5.91 Å². The van der Waals surface area contributed by atoms with Crippen molar-refractivity contribution in [1.29, 1.82) is 0 Å². The van der Waals surface area contributed by atoms with Crippen LogP contribution in [0.3, 0.4) is 0 Å². The Kier molecular flexibility index (Phi) is 7.10. The molecule has 0 radical (unpaired) electrons. The highest BCUT2D eigenvalue weighted by Crippen LogP contribution is 2.21. The Hall–Kier alpha value is -2.24. The summed E-state index contributed by atoms with van der Waals surface area (Å²) in [7, 11) is 0. The first-order valence-corrected chi connectivity index (χ1v) is 8.45. The van der Waals surface area contributed by atoms with Crippen LogP contribution < -0.4 is 15.6 Å². The monoisotopic (exact) mass is 380 g/mol. The molecule has 25 heavy (non-hydrogen) atoms. The molecule has 0 aromatic heterocycles. The van der Waals surface area contributed by atoms with Gasteiger partial charge in [0.15, 0.2) is 0 Å². The van der Waals surface area contributed by atoms with Gasteiger partial charge in [-0.1, -0.05) is 35.3 Å². The molecule has 0 unspecified atom stereocenters. The fourth-order valence-electron chi connectivity index (χ4n) is 2.09. The third-order valence-electron chi connectivity index (χ3n) is 3.38. The predicted octanol–water partition coefficient (Wildman–Crippen LogP) is 3.92. The van der Waals surface area contributed by atoms with Gasteiger partial charge in [0.25, 0.3) is 5.91 Å². The van der Waals surface area contributed by atoms with Gasteiger partial charge in [-0.2, -0.15) is 0 Å². The number of carbonyl (C=O) groups is 2. The first-order valence-electron chi connectivity index (χ1n) is 7.70. The summed E-state index contributed by atoms with van der Waals surface area (Å²) < 4.78 is 5.61. The molecule has 0 aliphatic rings. The van der Waals surface area contributed by atoms with Gasteiger partial charge in [0.1, 0.15) is 5.75 Å². The highest BCUT2D eigenvalue weighted by Gasteiger charge is 2.10. The molecule has 2 N–H and O–H groups in total. The van der Waals surface area contributed by atoms with Crippen LogP contribution in [-0.2, 0) is 4.79 Å². The molecule has 0 fully saturated rings. The zero-order valence-electron chi connectivity index (χ0n) is 13.6. The van der Waals surface area contributed by atoms with Crippen molar-refractivity contribution >= 4 is 35.0 Å². The van der Waals surface area contributed by atoms with Crippen LogP contribution in [0, 0.1) is 6.92 Å². The van der Waals surface area contributed by atoms with Crippen molar-refractivity contribution in [2.75, 3.05) is 6.61 Å². The van der Waals surface area contributed by atoms with Crippen LogP contribution in [0.2, 0.25) is 10.0 Å². The normalized spacial score (nSPS) is 10.2. The van der Waals surface area contributed by atoms with Crippen molar-refractivity contribution in [2.24, 2.45) is 0 Å². The van der Waals surface area contributed by atoms with Crippen LogP contribution >= 0.6 is 23.2 Å². The Labute approximate surface area is 156 Å². The minimum Gasteiger partial charge on any atom is -0.493 e. The molecule has 0 spiro atoms. The van der Waals surface area contributed by atoms with Crippen LogP contribution in [0.15, 0.2) is 42.5 Å². The molecule has 132 valence electrons. The van der Waals surface area contributed by atoms with E-state index in [0.717, 1.165) is 11.3 Å². The Morgan fingerprint density at radius 2 is 1.84 bits per heavy atom. The minimum absolute atomic E-state index is 0.218. The smallest absolute Gasteiger partial charge is 0.271 e. The zero-order valence-corrected chi connectivity index (χ0v) is 15.2. The summed E-state index contributed by atoms with van der Waals surface area (Å²) in [5.41, 5.74) is 5.92. The van der Waals surface area contributed by atoms with E-state index in [2.05, 4.69) is 10.9 Å². The molecule has 0 aliphatic heterocycles. The van der Waals surface area contributed by atoms with Gasteiger partial charge >= 0.3 is 0 Å². The topological polar surface area (TPSA) is 67.4 Å². The first kappa shape index (κ1) is 19.1. The number of hydrogen-bond donors (Lipinski definition) is 2. The number of ether oxygens (including phenoxy) is 1. The highest BCUT2D eigenvalue weighted by atomic mass is 35.5. The molecule has 2 aromatic carbocycles. The van der Waals surface area contributed by atoms with E-state index >= 15 is 0 Å². The average Bonchev–Trinajstić information content (AvgIpc) is 2.58. The van der Waals surface area contributed by atoms with E-state index in [0.29, 0.717) is 28.6 Å². The van der Waals surface area contributed by atoms with Crippen molar-refractivity contribution < 1.29 is 14.3 Å². The number of amides is 2. The second-order valence-corrected chi connectivity index (χ2v) is 6.19. The molecule has 0 atom stereocenters. The Morgan fingerprint density at radius 3 is 2.56 bits per heavy atom. The number of aryl methyl sites for hydroxylation is 1. The van der Waals surface area contributed by atoms with Crippen LogP contribution in [-0.4, -0.2) is 18.4 Å². The number of benzene rings is 2. The first-order chi connectivity index (χ1) is 12.0. The summed E-state index contributed by atoms with van der Waals surface area (Å²) >= 11 is 11.8. The van der Waals surface area contributed by atoms with Crippen molar-refractivity contribution in [3.05, 3.63) is 63.6 Å². The van der Waals surface area contributed by atoms with Gasteiger partial charge < -0.3 is 4.74 Å². The minimum atomic E-state index is -0.466. The summed E-state index contributed by atoms with van der Waals surface area (Å²) in [4.78, 5) is 23.7. The maximum Gasteiger partial charge on any atom is 0.271 e. The molecule has 0 heterocycles. The molecular formula is C18H18Cl2N2O3. The zero-order chi connectivity index (χ0) is 18.2. The summed E-state index contributed by atoms with van der Waals surface area (Å²) in [6.07, 6.45) is 0.727. The Balaban J connectivity index is 1.69. The van der Waals surface area contributed by atoms with Gasteiger partial charge in [-0.05, 0) is 49.2 Å². The van der Waals surface area contributed by atoms with E-state index in [9.17, 15) is 9.59 Å². The van der Waals surface area contributed by atoms with Crippen LogP contribution in [0.1, 0.15) is 28.8 Å². The lowest BCUT2D eigenvalue weighted by Gasteiger charge is -2.10. The summed E-state index contributed by atoms with van der Waals surface area (Å²) in [6, 6.07) is 12.0. The van der Waals surface area contributed by atoms with Crippen molar-refractivity contribution in [3.63, 3.8) is 0 Å². The van der Waals surface area contributed by atoms with Crippen LogP contribution in [0.5, 0.6) is 5.75 Å². The Bertz CT molecular complexity index is 766. The van der Waals surface area contributed by atoms with Gasteiger partial charge in [-0.25, -0.2) is 0 Å². The van der Waals surface area contributed by atoms with Crippen LogP contribution in [0.4, 0.5) is 0 Å². The van der Waals surface area contributed by atoms with Crippen LogP contribution in [0.25, 0.3) is 0 Å². The Morgan fingerprint density at radius 1 is 1.08 bits per heavy atom. The second-order valence-electron chi connectivity index (χ2n) is 5.34. The quantitative estimate of drug-likeness (QED) is 0.589. The fraction of sp³-hybridized carbons (Fsp3) is 0.222. The fourth-order valence-corrected chi connectivity index (χ4v) is 2.54.